The van der Waals surface area contributed by atoms with Crippen molar-refractivity contribution in [2.75, 3.05) is 5.32 Å². The van der Waals surface area contributed by atoms with Crippen LogP contribution < -0.4 is 5.32 Å². The monoisotopic (exact) mass is 426 g/mol. The van der Waals surface area contributed by atoms with E-state index in [2.05, 4.69) is 52.1 Å². The standard InChI is InChI=1S/C24H30N2OS2/c1-7-8-22(27)25-18-9-10-20-21(13-18)29-23(26-20)28-14-19-15(2)11-17(12-16(19)3)24(4,5)6/h9-13H,7-8,14H2,1-6H3,(H,25,27). The Balaban J connectivity index is 1.75. The lowest BCUT2D eigenvalue weighted by Gasteiger charge is -2.22. The molecule has 1 aromatic heterocycles. The molecule has 0 saturated carbocycles. The maximum absolute atomic E-state index is 11.8. The van der Waals surface area contributed by atoms with Crippen molar-refractivity contribution in [1.82, 2.24) is 4.98 Å². The fourth-order valence-corrected chi connectivity index (χ4v) is 5.59. The largest absolute Gasteiger partial charge is 0.326 e. The van der Waals surface area contributed by atoms with Crippen molar-refractivity contribution in [3.05, 3.63) is 52.6 Å². The highest BCUT2D eigenvalue weighted by atomic mass is 32.2. The van der Waals surface area contributed by atoms with E-state index >= 15 is 0 Å². The molecule has 1 N–H and O–H groups in total. The molecule has 0 bridgehead atoms. The number of benzene rings is 2. The van der Waals surface area contributed by atoms with E-state index in [1.807, 2.05) is 25.1 Å². The van der Waals surface area contributed by atoms with Crippen molar-refractivity contribution in [3.63, 3.8) is 0 Å². The molecule has 0 saturated heterocycles. The maximum Gasteiger partial charge on any atom is 0.224 e. The summed E-state index contributed by atoms with van der Waals surface area (Å²) in [6, 6.07) is 10.6. The predicted molar refractivity (Wildman–Crippen MR) is 127 cm³/mol. The number of thioether (sulfide) groups is 1. The van der Waals surface area contributed by atoms with Crippen LogP contribution in [0.2, 0.25) is 0 Å². The van der Waals surface area contributed by atoms with Gasteiger partial charge in [0.25, 0.3) is 0 Å². The quantitative estimate of drug-likeness (QED) is 0.422. The number of carbonyl (C=O) groups is 1. The van der Waals surface area contributed by atoms with Gasteiger partial charge in [0.2, 0.25) is 5.91 Å². The van der Waals surface area contributed by atoms with Gasteiger partial charge in [0, 0.05) is 17.9 Å². The minimum absolute atomic E-state index is 0.0654. The van der Waals surface area contributed by atoms with Crippen LogP contribution in [0.25, 0.3) is 10.2 Å². The summed E-state index contributed by atoms with van der Waals surface area (Å²) < 4.78 is 2.18. The molecular weight excluding hydrogens is 396 g/mol. The lowest BCUT2D eigenvalue weighted by Crippen LogP contribution is -2.12. The Bertz CT molecular complexity index is 1010. The van der Waals surface area contributed by atoms with Crippen LogP contribution >= 0.6 is 23.1 Å². The molecule has 1 amide bonds. The summed E-state index contributed by atoms with van der Waals surface area (Å²) in [6.45, 7) is 13.2. The van der Waals surface area contributed by atoms with E-state index in [1.165, 1.54) is 22.3 Å². The number of hydrogen-bond acceptors (Lipinski definition) is 4. The first-order valence-electron chi connectivity index (χ1n) is 10.1. The summed E-state index contributed by atoms with van der Waals surface area (Å²) in [4.78, 5) is 16.6. The van der Waals surface area contributed by atoms with Crippen molar-refractivity contribution < 1.29 is 4.79 Å². The summed E-state index contributed by atoms with van der Waals surface area (Å²) >= 11 is 3.48. The van der Waals surface area contributed by atoms with Crippen LogP contribution in [0, 0.1) is 13.8 Å². The normalized spacial score (nSPS) is 11.8. The molecule has 0 spiro atoms. The number of carbonyl (C=O) groups excluding carboxylic acids is 1. The van der Waals surface area contributed by atoms with E-state index in [-0.39, 0.29) is 11.3 Å². The number of hydrogen-bond donors (Lipinski definition) is 1. The molecule has 5 heteroatoms. The van der Waals surface area contributed by atoms with Crippen LogP contribution in [0.3, 0.4) is 0 Å². The number of amides is 1. The molecule has 0 aliphatic rings. The molecule has 0 radical (unpaired) electrons. The predicted octanol–water partition coefficient (Wildman–Crippen LogP) is 7.24. The Kier molecular flexibility index (Phi) is 6.69. The van der Waals surface area contributed by atoms with Crippen molar-refractivity contribution in [2.24, 2.45) is 0 Å². The number of thiazole rings is 1. The van der Waals surface area contributed by atoms with Crippen molar-refractivity contribution in [1.29, 1.82) is 0 Å². The highest BCUT2D eigenvalue weighted by Crippen LogP contribution is 2.35. The first-order valence-corrected chi connectivity index (χ1v) is 11.9. The lowest BCUT2D eigenvalue weighted by molar-refractivity contribution is -0.116. The summed E-state index contributed by atoms with van der Waals surface area (Å²) in [5.74, 6) is 0.984. The van der Waals surface area contributed by atoms with Gasteiger partial charge in [0.05, 0.1) is 10.2 Å². The molecule has 3 nitrogen and oxygen atoms in total. The van der Waals surface area contributed by atoms with E-state index < -0.39 is 0 Å². The van der Waals surface area contributed by atoms with Crippen LogP contribution in [-0.2, 0) is 16.0 Å². The molecule has 0 atom stereocenters. The zero-order chi connectivity index (χ0) is 21.2. The molecule has 0 aliphatic carbocycles. The Morgan fingerprint density at radius 3 is 2.45 bits per heavy atom. The van der Waals surface area contributed by atoms with Gasteiger partial charge in [-0.2, -0.15) is 0 Å². The second kappa shape index (κ2) is 8.88. The second-order valence-corrected chi connectivity index (χ2v) is 10.8. The minimum atomic E-state index is 0.0654. The van der Waals surface area contributed by atoms with Gasteiger partial charge in [-0.3, -0.25) is 4.79 Å². The molecule has 0 unspecified atom stereocenters. The zero-order valence-electron chi connectivity index (χ0n) is 18.2. The van der Waals surface area contributed by atoms with E-state index in [0.29, 0.717) is 6.42 Å². The Labute approximate surface area is 182 Å². The summed E-state index contributed by atoms with van der Waals surface area (Å²) in [5.41, 5.74) is 7.49. The molecule has 2 aromatic carbocycles. The SMILES string of the molecule is CCCC(=O)Nc1ccc2nc(SCc3c(C)cc(C(C)(C)C)cc3C)sc2c1. The Hall–Kier alpha value is -1.85. The highest BCUT2D eigenvalue weighted by Gasteiger charge is 2.17. The Morgan fingerprint density at radius 2 is 1.83 bits per heavy atom. The van der Waals surface area contributed by atoms with Gasteiger partial charge >= 0.3 is 0 Å². The van der Waals surface area contributed by atoms with E-state index in [9.17, 15) is 4.79 Å². The fourth-order valence-electron chi connectivity index (χ4n) is 3.28. The number of nitrogens with zero attached hydrogens (tertiary/aromatic N) is 1. The van der Waals surface area contributed by atoms with Crippen LogP contribution in [0.5, 0.6) is 0 Å². The second-order valence-electron chi connectivity index (χ2n) is 8.59. The average molecular weight is 427 g/mol. The van der Waals surface area contributed by atoms with Crippen molar-refractivity contribution >= 4 is 44.9 Å². The smallest absolute Gasteiger partial charge is 0.224 e. The zero-order valence-corrected chi connectivity index (χ0v) is 19.8. The average Bonchev–Trinajstić information content (AvgIpc) is 3.02. The summed E-state index contributed by atoms with van der Waals surface area (Å²) in [6.07, 6.45) is 1.40. The molecule has 29 heavy (non-hydrogen) atoms. The summed E-state index contributed by atoms with van der Waals surface area (Å²) in [5, 5.41) is 2.97. The van der Waals surface area contributed by atoms with Crippen LogP contribution in [-0.4, -0.2) is 10.9 Å². The molecule has 3 aromatic rings. The van der Waals surface area contributed by atoms with Gasteiger partial charge < -0.3 is 5.32 Å². The topological polar surface area (TPSA) is 42.0 Å². The van der Waals surface area contributed by atoms with Gasteiger partial charge in [-0.05, 0) is 66.1 Å². The highest BCUT2D eigenvalue weighted by molar-refractivity contribution is 8.00. The molecule has 1 heterocycles. The van der Waals surface area contributed by atoms with Gasteiger partial charge in [-0.25, -0.2) is 4.98 Å². The minimum Gasteiger partial charge on any atom is -0.326 e. The van der Waals surface area contributed by atoms with Gasteiger partial charge in [-0.1, -0.05) is 51.6 Å². The molecular formula is C24H30N2OS2. The third-order valence-corrected chi connectivity index (χ3v) is 7.22. The number of aryl methyl sites for hydroxylation is 2. The molecule has 0 fully saturated rings. The number of anilines is 1. The number of nitrogens with one attached hydrogen (secondary N) is 1. The number of rotatable bonds is 6. The van der Waals surface area contributed by atoms with Crippen LogP contribution in [0.1, 0.15) is 62.8 Å². The first-order chi connectivity index (χ1) is 13.7. The van der Waals surface area contributed by atoms with E-state index in [1.54, 1.807) is 23.1 Å². The maximum atomic E-state index is 11.8. The van der Waals surface area contributed by atoms with Gasteiger partial charge in [0.1, 0.15) is 0 Å². The Morgan fingerprint density at radius 1 is 1.14 bits per heavy atom. The van der Waals surface area contributed by atoms with Crippen LogP contribution in [0.15, 0.2) is 34.7 Å². The number of fused-ring (bicyclic) bond motifs is 1. The fraction of sp³-hybridized carbons (Fsp3) is 0.417. The van der Waals surface area contributed by atoms with Gasteiger partial charge in [-0.15, -0.1) is 11.3 Å². The van der Waals surface area contributed by atoms with Crippen molar-refractivity contribution in [3.8, 4) is 0 Å². The third kappa shape index (κ3) is 5.40. The van der Waals surface area contributed by atoms with Crippen LogP contribution in [0.4, 0.5) is 5.69 Å². The molecule has 154 valence electrons. The first kappa shape index (κ1) is 21.8. The third-order valence-electron chi connectivity index (χ3n) is 5.03. The molecule has 0 aliphatic heterocycles. The lowest BCUT2D eigenvalue weighted by atomic mass is 9.84. The van der Waals surface area contributed by atoms with E-state index in [0.717, 1.165) is 32.4 Å². The number of aromatic nitrogens is 1. The van der Waals surface area contributed by atoms with Crippen molar-refractivity contribution in [2.45, 2.75) is 69.9 Å². The van der Waals surface area contributed by atoms with E-state index in [4.69, 9.17) is 4.98 Å². The molecule has 3 rings (SSSR count). The van der Waals surface area contributed by atoms with Gasteiger partial charge in [0.15, 0.2) is 4.34 Å². The summed E-state index contributed by atoms with van der Waals surface area (Å²) in [7, 11) is 0.